The average molecular weight is 445 g/mol. The summed E-state index contributed by atoms with van der Waals surface area (Å²) in [5.41, 5.74) is 2.35. The number of fused-ring (bicyclic) bond motifs is 2. The molecule has 2 aromatic heterocycles. The second kappa shape index (κ2) is 8.35. The number of H-pyrrole nitrogens is 1. The van der Waals surface area contributed by atoms with Gasteiger partial charge in [-0.3, -0.25) is 5.10 Å². The van der Waals surface area contributed by atoms with E-state index in [0.29, 0.717) is 13.1 Å². The number of hydrogen-bond acceptors (Lipinski definition) is 6. The highest BCUT2D eigenvalue weighted by molar-refractivity contribution is 5.92. The first-order valence-electron chi connectivity index (χ1n) is 11.3. The van der Waals surface area contributed by atoms with Crippen LogP contribution in [0.5, 0.6) is 0 Å². The molecule has 0 atom stereocenters. The van der Waals surface area contributed by atoms with E-state index < -0.39 is 5.60 Å². The van der Waals surface area contributed by atoms with Crippen molar-refractivity contribution in [1.82, 2.24) is 25.1 Å². The van der Waals surface area contributed by atoms with Crippen LogP contribution in [-0.4, -0.2) is 49.8 Å². The van der Waals surface area contributed by atoms with Crippen molar-refractivity contribution in [3.63, 3.8) is 0 Å². The Morgan fingerprint density at radius 2 is 1.91 bits per heavy atom. The highest BCUT2D eigenvalue weighted by Gasteiger charge is 2.29. The summed E-state index contributed by atoms with van der Waals surface area (Å²) in [6, 6.07) is 14.1. The van der Waals surface area contributed by atoms with Crippen molar-refractivity contribution >= 4 is 39.4 Å². The number of benzene rings is 2. The second-order valence-corrected chi connectivity index (χ2v) is 9.49. The van der Waals surface area contributed by atoms with E-state index in [0.717, 1.165) is 52.0 Å². The topological polar surface area (TPSA) is 96.0 Å². The van der Waals surface area contributed by atoms with Gasteiger partial charge in [-0.15, -0.1) is 0 Å². The van der Waals surface area contributed by atoms with Gasteiger partial charge in [0.2, 0.25) is 0 Å². The molecule has 3 heterocycles. The molecule has 5 rings (SSSR count). The lowest BCUT2D eigenvalue weighted by Gasteiger charge is -2.33. The van der Waals surface area contributed by atoms with E-state index in [1.54, 1.807) is 4.90 Å². The molecule has 0 radical (unpaired) electrons. The molecule has 0 aliphatic carbocycles. The fourth-order valence-corrected chi connectivity index (χ4v) is 4.18. The van der Waals surface area contributed by atoms with Crippen molar-refractivity contribution in [3.05, 3.63) is 54.5 Å². The molecule has 1 saturated heterocycles. The second-order valence-electron chi connectivity index (χ2n) is 9.49. The van der Waals surface area contributed by atoms with Gasteiger partial charge in [0.25, 0.3) is 0 Å². The molecule has 0 saturated carbocycles. The van der Waals surface area contributed by atoms with Crippen molar-refractivity contribution in [2.75, 3.05) is 18.4 Å². The van der Waals surface area contributed by atoms with Crippen molar-refractivity contribution < 1.29 is 9.53 Å². The number of aromatic amines is 1. The molecule has 1 fully saturated rings. The number of likely N-dealkylation sites (tertiary alicyclic amines) is 1. The van der Waals surface area contributed by atoms with Crippen molar-refractivity contribution in [1.29, 1.82) is 0 Å². The smallest absolute Gasteiger partial charge is 0.410 e. The zero-order valence-corrected chi connectivity index (χ0v) is 19.1. The Balaban J connectivity index is 1.39. The number of amides is 1. The van der Waals surface area contributed by atoms with Gasteiger partial charge in [-0.2, -0.15) is 5.10 Å². The van der Waals surface area contributed by atoms with Crippen LogP contribution in [0.3, 0.4) is 0 Å². The molecule has 170 valence electrons. The lowest BCUT2D eigenvalue weighted by atomic mass is 9.96. The number of para-hydroxylation sites is 1. The number of aromatic nitrogens is 4. The number of piperidine rings is 1. The third-order valence-electron chi connectivity index (χ3n) is 5.84. The molecule has 4 aromatic rings. The van der Waals surface area contributed by atoms with E-state index in [1.165, 1.54) is 0 Å². The Labute approximate surface area is 192 Å². The summed E-state index contributed by atoms with van der Waals surface area (Å²) in [6.07, 6.45) is 3.16. The minimum Gasteiger partial charge on any atom is -0.444 e. The molecular formula is C25H28N6O2. The molecule has 8 nitrogen and oxygen atoms in total. The van der Waals surface area contributed by atoms with Crippen LogP contribution >= 0.6 is 0 Å². The molecule has 2 aromatic carbocycles. The molecular weight excluding hydrogens is 416 g/mol. The van der Waals surface area contributed by atoms with E-state index in [4.69, 9.17) is 14.7 Å². The van der Waals surface area contributed by atoms with Crippen LogP contribution in [-0.2, 0) is 4.74 Å². The first kappa shape index (κ1) is 21.2. The van der Waals surface area contributed by atoms with Gasteiger partial charge >= 0.3 is 6.09 Å². The number of nitrogens with zero attached hydrogens (tertiary/aromatic N) is 4. The summed E-state index contributed by atoms with van der Waals surface area (Å²) < 4.78 is 5.53. The SMILES string of the molecule is CC(C)(C)OC(=O)N1CCC(c2nc(Nc3ccc4[nH]ncc4c3)c3ccccc3n2)CC1. The minimum atomic E-state index is -0.491. The predicted octanol–water partition coefficient (Wildman–Crippen LogP) is 5.36. The third kappa shape index (κ3) is 4.60. The third-order valence-corrected chi connectivity index (χ3v) is 5.84. The average Bonchev–Trinajstić information content (AvgIpc) is 3.26. The lowest BCUT2D eigenvalue weighted by molar-refractivity contribution is 0.0203. The first-order chi connectivity index (χ1) is 15.9. The Morgan fingerprint density at radius 3 is 2.70 bits per heavy atom. The fraction of sp³-hybridized carbons (Fsp3) is 0.360. The number of ether oxygens (including phenoxy) is 1. The molecule has 1 amide bonds. The quantitative estimate of drug-likeness (QED) is 0.441. The fourth-order valence-electron chi connectivity index (χ4n) is 4.18. The van der Waals surface area contributed by atoms with Crippen LogP contribution in [0.4, 0.5) is 16.3 Å². The van der Waals surface area contributed by atoms with Gasteiger partial charge in [-0.05, 0) is 63.9 Å². The van der Waals surface area contributed by atoms with E-state index in [1.807, 2.05) is 63.4 Å². The normalized spacial score (nSPS) is 15.2. The number of anilines is 2. The number of rotatable bonds is 3. The predicted molar refractivity (Wildman–Crippen MR) is 129 cm³/mol. The van der Waals surface area contributed by atoms with Crippen LogP contribution in [0.25, 0.3) is 21.8 Å². The maximum absolute atomic E-state index is 12.4. The van der Waals surface area contributed by atoms with Crippen LogP contribution in [0.2, 0.25) is 0 Å². The van der Waals surface area contributed by atoms with Gasteiger partial charge in [0.15, 0.2) is 0 Å². The first-order valence-corrected chi connectivity index (χ1v) is 11.3. The molecule has 0 unspecified atom stereocenters. The van der Waals surface area contributed by atoms with E-state index >= 15 is 0 Å². The van der Waals surface area contributed by atoms with Gasteiger partial charge in [0.05, 0.1) is 17.2 Å². The van der Waals surface area contributed by atoms with Crippen molar-refractivity contribution in [2.24, 2.45) is 0 Å². The minimum absolute atomic E-state index is 0.185. The molecule has 0 spiro atoms. The standard InChI is InChI=1S/C25H28N6O2/c1-25(2,3)33-24(32)31-12-10-16(11-13-31)22-28-21-7-5-4-6-19(21)23(29-22)27-18-8-9-20-17(14-18)15-26-30-20/h4-9,14-16H,10-13H2,1-3H3,(H,26,30)(H,27,28,29). The molecule has 33 heavy (non-hydrogen) atoms. The summed E-state index contributed by atoms with van der Waals surface area (Å²) in [4.78, 5) is 24.0. The monoisotopic (exact) mass is 444 g/mol. The Morgan fingerprint density at radius 1 is 1.12 bits per heavy atom. The summed E-state index contributed by atoms with van der Waals surface area (Å²) in [5, 5.41) is 12.6. The summed E-state index contributed by atoms with van der Waals surface area (Å²) >= 11 is 0. The number of carbonyl (C=O) groups excluding carboxylic acids is 1. The highest BCUT2D eigenvalue weighted by atomic mass is 16.6. The van der Waals surface area contributed by atoms with Gasteiger partial charge in [0.1, 0.15) is 17.2 Å². The summed E-state index contributed by atoms with van der Waals surface area (Å²) in [6.45, 7) is 6.93. The molecule has 1 aliphatic rings. The molecule has 8 heteroatoms. The van der Waals surface area contributed by atoms with E-state index in [2.05, 4.69) is 21.6 Å². The zero-order chi connectivity index (χ0) is 23.0. The van der Waals surface area contributed by atoms with Gasteiger partial charge < -0.3 is 15.0 Å². The van der Waals surface area contributed by atoms with E-state index in [-0.39, 0.29) is 12.0 Å². The molecule has 2 N–H and O–H groups in total. The summed E-state index contributed by atoms with van der Waals surface area (Å²) in [7, 11) is 0. The highest BCUT2D eigenvalue weighted by Crippen LogP contribution is 2.31. The maximum Gasteiger partial charge on any atom is 0.410 e. The summed E-state index contributed by atoms with van der Waals surface area (Å²) in [5.74, 6) is 1.78. The Bertz CT molecular complexity index is 1300. The zero-order valence-electron chi connectivity index (χ0n) is 19.1. The van der Waals surface area contributed by atoms with Crippen LogP contribution in [0, 0.1) is 0 Å². The maximum atomic E-state index is 12.4. The van der Waals surface area contributed by atoms with Gasteiger partial charge in [0, 0.05) is 35.5 Å². The van der Waals surface area contributed by atoms with Crippen LogP contribution < -0.4 is 5.32 Å². The number of carbonyl (C=O) groups is 1. The van der Waals surface area contributed by atoms with Gasteiger partial charge in [-0.1, -0.05) is 12.1 Å². The van der Waals surface area contributed by atoms with E-state index in [9.17, 15) is 4.79 Å². The van der Waals surface area contributed by atoms with Crippen molar-refractivity contribution in [2.45, 2.75) is 45.1 Å². The van der Waals surface area contributed by atoms with Gasteiger partial charge in [-0.25, -0.2) is 14.8 Å². The Hall–Kier alpha value is -3.68. The van der Waals surface area contributed by atoms with Crippen LogP contribution in [0.1, 0.15) is 45.4 Å². The largest absolute Gasteiger partial charge is 0.444 e. The van der Waals surface area contributed by atoms with Crippen LogP contribution in [0.15, 0.2) is 48.7 Å². The van der Waals surface area contributed by atoms with Crippen molar-refractivity contribution in [3.8, 4) is 0 Å². The number of nitrogens with one attached hydrogen (secondary N) is 2. The number of hydrogen-bond donors (Lipinski definition) is 2. The Kier molecular flexibility index (Phi) is 5.36. The molecule has 1 aliphatic heterocycles. The molecule has 0 bridgehead atoms. The lowest BCUT2D eigenvalue weighted by Crippen LogP contribution is -2.41.